The minimum Gasteiger partial charge on any atom is -0.388 e. The van der Waals surface area contributed by atoms with Crippen molar-refractivity contribution >= 4 is 16.7 Å². The van der Waals surface area contributed by atoms with Crippen molar-refractivity contribution in [3.63, 3.8) is 0 Å². The van der Waals surface area contributed by atoms with Crippen LogP contribution in [0.4, 0.5) is 0 Å². The van der Waals surface area contributed by atoms with Gasteiger partial charge in [-0.15, -0.1) is 0 Å². The number of nitrogens with zero attached hydrogens (tertiary/aromatic N) is 1. The van der Waals surface area contributed by atoms with Crippen molar-refractivity contribution in [2.75, 3.05) is 6.61 Å². The number of aliphatic hydroxyl groups excluding tert-OH is 1. The Kier molecular flexibility index (Phi) is 3.75. The molecule has 1 aromatic heterocycles. The molecule has 1 N–H and O–H groups in total. The molecule has 3 heteroatoms. The molecule has 0 bridgehead atoms. The molecular formula is C18H16NO2+. The summed E-state index contributed by atoms with van der Waals surface area (Å²) in [6, 6.07) is 21.6. The molecule has 0 fully saturated rings. The van der Waals surface area contributed by atoms with E-state index in [4.69, 9.17) is 0 Å². The lowest BCUT2D eigenvalue weighted by Gasteiger charge is -2.06. The summed E-state index contributed by atoms with van der Waals surface area (Å²) in [5.74, 6) is -0.267. The average Bonchev–Trinajstić information content (AvgIpc) is 2.55. The summed E-state index contributed by atoms with van der Waals surface area (Å²) < 4.78 is 1.96. The van der Waals surface area contributed by atoms with Crippen LogP contribution in [-0.2, 0) is 6.54 Å². The van der Waals surface area contributed by atoms with Crippen molar-refractivity contribution in [1.29, 1.82) is 0 Å². The summed E-state index contributed by atoms with van der Waals surface area (Å²) in [6.45, 7) is 0.121. The van der Waals surface area contributed by atoms with E-state index >= 15 is 0 Å². The summed E-state index contributed by atoms with van der Waals surface area (Å²) in [5, 5.41) is 10.3. The molecule has 2 aromatic carbocycles. The lowest BCUT2D eigenvalue weighted by atomic mass is 10.1. The van der Waals surface area contributed by atoms with Gasteiger partial charge in [0.05, 0.1) is 0 Å². The number of carbonyl (C=O) groups is 1. The number of aromatic nitrogens is 1. The summed E-state index contributed by atoms with van der Waals surface area (Å²) in [7, 11) is 0. The van der Waals surface area contributed by atoms with Crippen molar-refractivity contribution in [2.45, 2.75) is 6.54 Å². The monoisotopic (exact) mass is 278 g/mol. The van der Waals surface area contributed by atoms with E-state index in [1.54, 1.807) is 6.07 Å². The maximum absolute atomic E-state index is 12.0. The van der Waals surface area contributed by atoms with Crippen molar-refractivity contribution in [2.24, 2.45) is 0 Å². The highest BCUT2D eigenvalue weighted by Gasteiger charge is 2.21. The van der Waals surface area contributed by atoms with E-state index in [1.165, 1.54) is 0 Å². The Morgan fingerprint density at radius 3 is 2.38 bits per heavy atom. The molecule has 3 aromatic rings. The highest BCUT2D eigenvalue weighted by atomic mass is 16.3. The van der Waals surface area contributed by atoms with E-state index in [0.717, 1.165) is 16.5 Å². The number of carbonyl (C=O) groups excluding carboxylic acids is 1. The molecule has 3 nitrogen and oxygen atoms in total. The van der Waals surface area contributed by atoms with Crippen molar-refractivity contribution in [1.82, 2.24) is 0 Å². The smallest absolute Gasteiger partial charge is 0.251 e. The molecule has 3 rings (SSSR count). The highest BCUT2D eigenvalue weighted by molar-refractivity contribution is 5.95. The topological polar surface area (TPSA) is 41.2 Å². The largest absolute Gasteiger partial charge is 0.388 e. The maximum Gasteiger partial charge on any atom is 0.251 e. The Labute approximate surface area is 123 Å². The zero-order chi connectivity index (χ0) is 14.7. The molecule has 0 aliphatic carbocycles. The van der Waals surface area contributed by atoms with Crippen LogP contribution in [0.3, 0.4) is 0 Å². The number of fused-ring (bicyclic) bond motifs is 1. The average molecular weight is 278 g/mol. The lowest BCUT2D eigenvalue weighted by Crippen LogP contribution is -2.42. The first-order chi connectivity index (χ1) is 10.3. The van der Waals surface area contributed by atoms with E-state index in [0.29, 0.717) is 12.2 Å². The number of aliphatic hydroxyl groups is 1. The third kappa shape index (κ3) is 2.69. The predicted molar refractivity (Wildman–Crippen MR) is 81.1 cm³/mol. The number of rotatable bonds is 4. The summed E-state index contributed by atoms with van der Waals surface area (Å²) in [6.07, 6.45) is 0. The zero-order valence-electron chi connectivity index (χ0n) is 11.6. The SMILES string of the molecule is O=C(CO)c1ccc2ccccc2[n+]1Cc1ccccc1. The van der Waals surface area contributed by atoms with Crippen LogP contribution >= 0.6 is 0 Å². The predicted octanol–water partition coefficient (Wildman–Crippen LogP) is 2.35. The minimum atomic E-state index is -0.479. The second-order valence-electron chi connectivity index (χ2n) is 4.93. The fourth-order valence-corrected chi connectivity index (χ4v) is 2.52. The summed E-state index contributed by atoms with van der Waals surface area (Å²) >= 11 is 0. The van der Waals surface area contributed by atoms with Crippen LogP contribution in [0.15, 0.2) is 66.7 Å². The minimum absolute atomic E-state index is 0.267. The molecule has 0 aliphatic heterocycles. The molecule has 0 unspecified atom stereocenters. The van der Waals surface area contributed by atoms with Gasteiger partial charge in [0.1, 0.15) is 6.61 Å². The van der Waals surface area contributed by atoms with E-state index in [2.05, 4.69) is 0 Å². The molecule has 0 aliphatic rings. The number of ketones is 1. The Hall–Kier alpha value is -2.52. The van der Waals surface area contributed by atoms with Crippen LogP contribution in [0.25, 0.3) is 10.9 Å². The third-order valence-corrected chi connectivity index (χ3v) is 3.55. The standard InChI is InChI=1S/C18H16NO2/c20-13-18(21)17-11-10-15-8-4-5-9-16(15)19(17)12-14-6-2-1-3-7-14/h1-11,20H,12-13H2/q+1. The molecule has 21 heavy (non-hydrogen) atoms. The van der Waals surface area contributed by atoms with Crippen LogP contribution in [0.1, 0.15) is 16.1 Å². The first-order valence-electron chi connectivity index (χ1n) is 6.89. The second-order valence-corrected chi connectivity index (χ2v) is 4.93. The number of para-hydroxylation sites is 1. The van der Waals surface area contributed by atoms with Crippen molar-refractivity contribution in [3.8, 4) is 0 Å². The fraction of sp³-hybridized carbons (Fsp3) is 0.111. The summed E-state index contributed by atoms with van der Waals surface area (Å²) in [5.41, 5.74) is 2.63. The first-order valence-corrected chi connectivity index (χ1v) is 6.89. The van der Waals surface area contributed by atoms with Crippen LogP contribution < -0.4 is 4.57 Å². The molecular weight excluding hydrogens is 262 g/mol. The van der Waals surface area contributed by atoms with Crippen molar-refractivity contribution in [3.05, 3.63) is 78.0 Å². The quantitative estimate of drug-likeness (QED) is 0.588. The van der Waals surface area contributed by atoms with Crippen LogP contribution in [0, 0.1) is 0 Å². The molecule has 0 amide bonds. The van der Waals surface area contributed by atoms with E-state index in [9.17, 15) is 9.90 Å². The Bertz CT molecular complexity index is 782. The van der Waals surface area contributed by atoms with Gasteiger partial charge in [0.25, 0.3) is 11.5 Å². The number of benzene rings is 2. The number of pyridine rings is 1. The fourth-order valence-electron chi connectivity index (χ4n) is 2.52. The Morgan fingerprint density at radius 2 is 1.62 bits per heavy atom. The van der Waals surface area contributed by atoms with Gasteiger partial charge in [0, 0.05) is 23.1 Å². The normalized spacial score (nSPS) is 10.7. The Morgan fingerprint density at radius 1 is 0.905 bits per heavy atom. The van der Waals surface area contributed by atoms with E-state index in [1.807, 2.05) is 65.2 Å². The lowest BCUT2D eigenvalue weighted by molar-refractivity contribution is -0.664. The second kappa shape index (κ2) is 5.85. The van der Waals surface area contributed by atoms with Crippen LogP contribution in [-0.4, -0.2) is 17.5 Å². The van der Waals surface area contributed by atoms with Gasteiger partial charge >= 0.3 is 0 Å². The van der Waals surface area contributed by atoms with Gasteiger partial charge in [-0.2, -0.15) is 4.57 Å². The number of hydrogen-bond acceptors (Lipinski definition) is 2. The van der Waals surface area contributed by atoms with Gasteiger partial charge in [-0.25, -0.2) is 0 Å². The Balaban J connectivity index is 2.18. The molecule has 0 atom stereocenters. The van der Waals surface area contributed by atoms with Crippen LogP contribution in [0.2, 0.25) is 0 Å². The molecule has 1 heterocycles. The van der Waals surface area contributed by atoms with E-state index in [-0.39, 0.29) is 5.78 Å². The molecule has 0 spiro atoms. The van der Waals surface area contributed by atoms with Gasteiger partial charge < -0.3 is 5.11 Å². The third-order valence-electron chi connectivity index (χ3n) is 3.55. The molecule has 0 saturated heterocycles. The van der Waals surface area contributed by atoms with Crippen molar-refractivity contribution < 1.29 is 14.5 Å². The number of hydrogen-bond donors (Lipinski definition) is 1. The maximum atomic E-state index is 12.0. The van der Waals surface area contributed by atoms with Gasteiger partial charge in [0.2, 0.25) is 5.52 Å². The van der Waals surface area contributed by atoms with Gasteiger partial charge in [-0.05, 0) is 12.1 Å². The van der Waals surface area contributed by atoms with E-state index < -0.39 is 6.61 Å². The molecule has 0 saturated carbocycles. The highest BCUT2D eigenvalue weighted by Crippen LogP contribution is 2.12. The van der Waals surface area contributed by atoms with Crippen LogP contribution in [0.5, 0.6) is 0 Å². The van der Waals surface area contributed by atoms with Gasteiger partial charge in [0.15, 0.2) is 6.54 Å². The van der Waals surface area contributed by atoms with Gasteiger partial charge in [-0.1, -0.05) is 42.5 Å². The molecule has 0 radical (unpaired) electrons. The summed E-state index contributed by atoms with van der Waals surface area (Å²) in [4.78, 5) is 12.0. The van der Waals surface area contributed by atoms with Gasteiger partial charge in [-0.3, -0.25) is 4.79 Å². The number of Topliss-reactive ketones (excluding diaryl/α,β-unsaturated/α-hetero) is 1. The molecule has 104 valence electrons. The first kappa shape index (κ1) is 13.5. The zero-order valence-corrected chi connectivity index (χ0v) is 11.6.